The first kappa shape index (κ1) is 56.5. The van der Waals surface area contributed by atoms with E-state index in [4.69, 9.17) is 14.2 Å². The van der Waals surface area contributed by atoms with E-state index in [2.05, 4.69) is 38.5 Å². The van der Waals surface area contributed by atoms with Gasteiger partial charge in [-0.1, -0.05) is 62.4 Å². The van der Waals surface area contributed by atoms with Crippen LogP contribution in [0.15, 0.2) is 95.2 Å². The van der Waals surface area contributed by atoms with Crippen molar-refractivity contribution in [3.63, 3.8) is 0 Å². The fourth-order valence-electron chi connectivity index (χ4n) is 11.4. The largest absolute Gasteiger partial charge is 0.491 e. The lowest BCUT2D eigenvalue weighted by molar-refractivity contribution is -0.143. The molecule has 79 heavy (non-hydrogen) atoms. The topological polar surface area (TPSA) is 196 Å². The summed E-state index contributed by atoms with van der Waals surface area (Å²) in [5, 5.41) is 16.9. The predicted molar refractivity (Wildman–Crippen MR) is 306 cm³/mol. The van der Waals surface area contributed by atoms with Crippen LogP contribution in [0.5, 0.6) is 5.75 Å². The Labute approximate surface area is 466 Å². The van der Waals surface area contributed by atoms with Crippen LogP contribution in [0.4, 0.5) is 5.69 Å². The molecule has 3 aliphatic heterocycles. The summed E-state index contributed by atoms with van der Waals surface area (Å²) in [4.78, 5) is 83.1. The van der Waals surface area contributed by atoms with E-state index < -0.39 is 18.2 Å². The first-order valence-electron chi connectivity index (χ1n) is 27.5. The molecule has 17 heteroatoms. The van der Waals surface area contributed by atoms with Gasteiger partial charge in [-0.15, -0.1) is 11.3 Å². The lowest BCUT2D eigenvalue weighted by Gasteiger charge is -2.37. The monoisotopic (exact) mass is 1090 g/mol. The van der Waals surface area contributed by atoms with Gasteiger partial charge in [-0.3, -0.25) is 24.0 Å². The minimum absolute atomic E-state index is 0.00338. The van der Waals surface area contributed by atoms with Gasteiger partial charge in [0.15, 0.2) is 0 Å². The molecular formula is C62H73N7O9S. The first-order chi connectivity index (χ1) is 38.0. The number of aliphatic hydroxyl groups is 1. The molecule has 2 aromatic heterocycles. The van der Waals surface area contributed by atoms with Crippen LogP contribution in [0.2, 0.25) is 0 Å². The van der Waals surface area contributed by atoms with E-state index in [1.807, 2.05) is 133 Å². The zero-order chi connectivity index (χ0) is 56.1. The molecular weight excluding hydrogens is 1020 g/mol. The van der Waals surface area contributed by atoms with E-state index in [1.54, 1.807) is 16.2 Å². The van der Waals surface area contributed by atoms with Gasteiger partial charge in [0.25, 0.3) is 17.4 Å². The number of hydrogen-bond acceptors (Lipinski definition) is 12. The van der Waals surface area contributed by atoms with Crippen molar-refractivity contribution in [2.75, 3.05) is 44.4 Å². The second-order valence-electron chi connectivity index (χ2n) is 21.5. The number of ether oxygens (including phenoxy) is 3. The maximum absolute atomic E-state index is 14.5. The van der Waals surface area contributed by atoms with E-state index >= 15 is 0 Å². The van der Waals surface area contributed by atoms with Crippen LogP contribution in [-0.2, 0) is 38.8 Å². The number of H-pyrrole nitrogens is 1. The van der Waals surface area contributed by atoms with Crippen LogP contribution in [-0.4, -0.2) is 112 Å². The maximum Gasteiger partial charge on any atom is 0.255 e. The van der Waals surface area contributed by atoms with Crippen molar-refractivity contribution in [1.29, 1.82) is 0 Å². The molecule has 5 heterocycles. The van der Waals surface area contributed by atoms with E-state index in [0.29, 0.717) is 35.7 Å². The number of likely N-dealkylation sites (tertiary alicyclic amines) is 1. The zero-order valence-electron chi connectivity index (χ0n) is 46.5. The third-order valence-corrected chi connectivity index (χ3v) is 16.6. The van der Waals surface area contributed by atoms with Gasteiger partial charge in [-0.2, -0.15) is 0 Å². The van der Waals surface area contributed by atoms with Crippen molar-refractivity contribution < 1.29 is 38.5 Å². The number of aromatic amines is 1. The number of thiazole rings is 1. The van der Waals surface area contributed by atoms with Gasteiger partial charge < -0.3 is 49.6 Å². The summed E-state index contributed by atoms with van der Waals surface area (Å²) in [6.07, 6.45) is 1.01. The molecule has 6 aromatic rings. The Morgan fingerprint density at radius 3 is 2.33 bits per heavy atom. The van der Waals surface area contributed by atoms with Crippen LogP contribution in [0.25, 0.3) is 21.6 Å². The maximum atomic E-state index is 14.5. The number of pyridine rings is 1. The van der Waals surface area contributed by atoms with E-state index in [9.17, 15) is 29.1 Å². The summed E-state index contributed by atoms with van der Waals surface area (Å²) in [5.74, 6) is -0.867. The molecule has 0 aliphatic carbocycles. The first-order valence-corrected chi connectivity index (χ1v) is 28.4. The van der Waals surface area contributed by atoms with E-state index in [1.165, 1.54) is 4.90 Å². The Kier molecular flexibility index (Phi) is 17.8. The van der Waals surface area contributed by atoms with Crippen LogP contribution >= 0.6 is 11.3 Å². The summed E-state index contributed by atoms with van der Waals surface area (Å²) in [7, 11) is 0. The summed E-state index contributed by atoms with van der Waals surface area (Å²) in [6, 6.07) is 25.5. The lowest BCUT2D eigenvalue weighted by atomic mass is 9.95. The number of hydrogen-bond donors (Lipinski definition) is 4. The SMILES string of the molecule is CCN(c1cc(-c2ccc(OCCOCc3ccc4c(c3)C(=O)N([C@H](C(=O)N3C[C@H](O)C[C@H]3C(=O)N[C@@H](C)c3ccc(-c5scnc5C)cc3)C(C)C)C4)cc2)cc(C(=O)NCc2c(C)cc(C)[nH]c2=O)c1C)C1CCOCC1. The molecule has 4 aromatic carbocycles. The number of rotatable bonds is 20. The third-order valence-electron chi connectivity index (χ3n) is 15.6. The van der Waals surface area contributed by atoms with E-state index in [0.717, 1.165) is 85.8 Å². The molecule has 2 fully saturated rings. The number of carbonyl (C=O) groups excluding carboxylic acids is 4. The van der Waals surface area contributed by atoms with Gasteiger partial charge in [0.05, 0.1) is 41.4 Å². The molecule has 2 saturated heterocycles. The fourth-order valence-corrected chi connectivity index (χ4v) is 12.2. The highest BCUT2D eigenvalue weighted by Gasteiger charge is 2.46. The molecule has 16 nitrogen and oxygen atoms in total. The number of fused-ring (bicyclic) bond motifs is 1. The normalized spacial score (nSPS) is 17.2. The minimum Gasteiger partial charge on any atom is -0.491 e. The molecule has 0 bridgehead atoms. The molecule has 3 aliphatic rings. The fraction of sp³-hybridized carbons (Fsp3) is 0.419. The summed E-state index contributed by atoms with van der Waals surface area (Å²) in [5.41, 5.74) is 12.9. The van der Waals surface area contributed by atoms with Gasteiger partial charge in [0.1, 0.15) is 24.4 Å². The molecule has 0 unspecified atom stereocenters. The Bertz CT molecular complexity index is 3240. The summed E-state index contributed by atoms with van der Waals surface area (Å²) >= 11 is 1.58. The molecule has 0 saturated carbocycles. The number of β-amino-alcohol motifs (C(OH)–C–C–N with tert-alkyl or cyclic N) is 1. The van der Waals surface area contributed by atoms with Crippen molar-refractivity contribution in [1.82, 2.24) is 30.4 Å². The van der Waals surface area contributed by atoms with Gasteiger partial charge in [0.2, 0.25) is 11.8 Å². The van der Waals surface area contributed by atoms with Crippen molar-refractivity contribution in [2.24, 2.45) is 5.92 Å². The second-order valence-corrected chi connectivity index (χ2v) is 22.3. The zero-order valence-corrected chi connectivity index (χ0v) is 47.3. The Morgan fingerprint density at radius 2 is 1.65 bits per heavy atom. The standard InChI is InChI=1S/C62H73N7O9S/c1-9-67(48-20-22-76-23-21-48)54-29-47(28-51(39(54)6)58(71)63-31-53-37(4)26-38(5)65-59(53)72)44-16-18-50(19-17-44)78-25-24-77-34-42-10-11-46-32-69(61(74)52(46)27-42)56(36(2)3)62(75)68-33-49(70)30-55(68)60(73)66-40(7)43-12-14-45(15-13-43)57-41(8)64-35-79-57/h10-19,26-29,35-36,40,48-49,55-56,70H,9,20-25,30-34H2,1-8H3,(H,63,71)(H,65,72)(H,66,73)/t40-,49+,55-,56-/m0/s1. The minimum atomic E-state index is -0.894. The van der Waals surface area contributed by atoms with Crippen LogP contribution in [0, 0.1) is 33.6 Å². The Morgan fingerprint density at radius 1 is 0.911 bits per heavy atom. The Balaban J connectivity index is 0.799. The molecule has 9 rings (SSSR count). The molecule has 0 spiro atoms. The number of benzene rings is 4. The van der Waals surface area contributed by atoms with Crippen LogP contribution < -0.4 is 25.8 Å². The second kappa shape index (κ2) is 24.9. The number of aliphatic hydroxyl groups excluding tert-OH is 1. The average molecular weight is 1090 g/mol. The highest BCUT2D eigenvalue weighted by Crippen LogP contribution is 2.36. The molecule has 4 N–H and O–H groups in total. The molecule has 4 amide bonds. The van der Waals surface area contributed by atoms with Gasteiger partial charge in [-0.25, -0.2) is 4.98 Å². The lowest BCUT2D eigenvalue weighted by Crippen LogP contribution is -2.55. The van der Waals surface area contributed by atoms with Crippen molar-refractivity contribution in [2.45, 2.75) is 125 Å². The van der Waals surface area contributed by atoms with Gasteiger partial charge in [0, 0.05) is 79.9 Å². The van der Waals surface area contributed by atoms with Crippen molar-refractivity contribution >= 4 is 40.7 Å². The Hall–Kier alpha value is -7.18. The molecule has 416 valence electrons. The number of aromatic nitrogens is 2. The average Bonchev–Trinajstić information content (AvgIpc) is 4.19. The number of aryl methyl sites for hydroxylation is 3. The highest BCUT2D eigenvalue weighted by molar-refractivity contribution is 7.13. The van der Waals surface area contributed by atoms with E-state index in [-0.39, 0.29) is 93.1 Å². The quantitative estimate of drug-likeness (QED) is 0.0534. The smallest absolute Gasteiger partial charge is 0.255 e. The van der Waals surface area contributed by atoms with Crippen molar-refractivity contribution in [3.05, 3.63) is 157 Å². The molecule has 0 radical (unpaired) electrons. The summed E-state index contributed by atoms with van der Waals surface area (Å²) < 4.78 is 17.8. The number of carbonyl (C=O) groups is 4. The number of amides is 4. The summed E-state index contributed by atoms with van der Waals surface area (Å²) in [6.45, 7) is 18.8. The highest BCUT2D eigenvalue weighted by atomic mass is 32.1. The van der Waals surface area contributed by atoms with Crippen molar-refractivity contribution in [3.8, 4) is 27.3 Å². The van der Waals surface area contributed by atoms with Gasteiger partial charge >= 0.3 is 0 Å². The predicted octanol–water partition coefficient (Wildman–Crippen LogP) is 8.75. The third kappa shape index (κ3) is 12.7. The number of nitrogens with zero attached hydrogens (tertiary/aromatic N) is 4. The van der Waals surface area contributed by atoms with Crippen LogP contribution in [0.1, 0.15) is 118 Å². The number of anilines is 1. The number of nitrogens with one attached hydrogen (secondary N) is 3. The van der Waals surface area contributed by atoms with Gasteiger partial charge in [-0.05, 0) is 141 Å². The van der Waals surface area contributed by atoms with Crippen LogP contribution in [0.3, 0.4) is 0 Å². The molecule has 4 atom stereocenters.